The van der Waals surface area contributed by atoms with Gasteiger partial charge >= 0.3 is 5.51 Å². The van der Waals surface area contributed by atoms with Crippen LogP contribution in [0.4, 0.5) is 19.0 Å². The molecule has 1 rings (SSSR count). The van der Waals surface area contributed by atoms with E-state index in [1.54, 1.807) is 0 Å². The van der Waals surface area contributed by atoms with Crippen molar-refractivity contribution >= 4 is 43.5 Å². The average Bonchev–Trinajstić information content (AvgIpc) is 2.26. The fraction of sp³-hybridized carbons (Fsp3) is 0.375. The molecule has 0 fully saturated rings. The first-order chi connectivity index (χ1) is 8.62. The molecule has 0 radical (unpaired) electrons. The highest BCUT2D eigenvalue weighted by Gasteiger charge is 2.28. The third kappa shape index (κ3) is 5.55. The van der Waals surface area contributed by atoms with Gasteiger partial charge in [0, 0.05) is 23.0 Å². The second kappa shape index (κ2) is 6.29. The van der Waals surface area contributed by atoms with Gasteiger partial charge in [0.2, 0.25) is 10.0 Å². The largest absolute Gasteiger partial charge is 0.441 e. The van der Waals surface area contributed by atoms with Crippen molar-refractivity contribution in [3.8, 4) is 0 Å². The highest BCUT2D eigenvalue weighted by molar-refractivity contribution is 9.10. The lowest BCUT2D eigenvalue weighted by Crippen LogP contribution is -2.27. The zero-order valence-electron chi connectivity index (χ0n) is 9.24. The van der Waals surface area contributed by atoms with Gasteiger partial charge in [-0.1, -0.05) is 0 Å². The van der Waals surface area contributed by atoms with Crippen LogP contribution in [-0.4, -0.2) is 31.2 Å². The normalized spacial score (nSPS) is 12.6. The second-order valence-electron chi connectivity index (χ2n) is 3.23. The number of nitrogens with zero attached hydrogens (tertiary/aromatic N) is 1. The Labute approximate surface area is 120 Å². The van der Waals surface area contributed by atoms with Crippen molar-refractivity contribution < 1.29 is 21.6 Å². The van der Waals surface area contributed by atoms with Crippen LogP contribution in [0, 0.1) is 0 Å². The predicted octanol–water partition coefficient (Wildman–Crippen LogP) is 1.96. The molecule has 1 heterocycles. The molecule has 5 nitrogen and oxygen atoms in total. The summed E-state index contributed by atoms with van der Waals surface area (Å²) >= 11 is 2.73. The molecular formula is C8H9BrF3N3O2S2. The highest BCUT2D eigenvalue weighted by atomic mass is 79.9. The first kappa shape index (κ1) is 16.5. The summed E-state index contributed by atoms with van der Waals surface area (Å²) in [7, 11) is -3.98. The number of hydrogen-bond donors (Lipinski definition) is 2. The number of nitrogens with one attached hydrogen (secondary N) is 1. The van der Waals surface area contributed by atoms with E-state index in [9.17, 15) is 21.6 Å². The average molecular weight is 380 g/mol. The molecule has 0 amide bonds. The van der Waals surface area contributed by atoms with Crippen molar-refractivity contribution in [1.82, 2.24) is 9.71 Å². The number of alkyl halides is 3. The maximum atomic E-state index is 11.9. The smallest absolute Gasteiger partial charge is 0.383 e. The Morgan fingerprint density at radius 1 is 1.47 bits per heavy atom. The lowest BCUT2D eigenvalue weighted by Gasteiger charge is -2.09. The number of aromatic nitrogens is 1. The van der Waals surface area contributed by atoms with Gasteiger partial charge in [0.25, 0.3) is 0 Å². The van der Waals surface area contributed by atoms with Crippen molar-refractivity contribution in [3.63, 3.8) is 0 Å². The zero-order chi connectivity index (χ0) is 14.7. The van der Waals surface area contributed by atoms with Crippen LogP contribution < -0.4 is 10.5 Å². The van der Waals surface area contributed by atoms with Gasteiger partial charge in [-0.2, -0.15) is 13.2 Å². The Hall–Kier alpha value is -0.520. The lowest BCUT2D eigenvalue weighted by atomic mass is 10.5. The molecule has 0 spiro atoms. The van der Waals surface area contributed by atoms with E-state index in [1.807, 2.05) is 4.72 Å². The van der Waals surface area contributed by atoms with Crippen molar-refractivity contribution in [2.45, 2.75) is 10.4 Å². The SMILES string of the molecule is Nc1ncc(Br)cc1S(=O)(=O)NCCSC(F)(F)F. The van der Waals surface area contributed by atoms with E-state index in [2.05, 4.69) is 20.9 Å². The van der Waals surface area contributed by atoms with Gasteiger partial charge < -0.3 is 5.73 Å². The molecule has 0 aliphatic rings. The van der Waals surface area contributed by atoms with Gasteiger partial charge in [0.15, 0.2) is 0 Å². The van der Waals surface area contributed by atoms with Gasteiger partial charge in [-0.05, 0) is 33.8 Å². The van der Waals surface area contributed by atoms with E-state index < -0.39 is 21.3 Å². The summed E-state index contributed by atoms with van der Waals surface area (Å²) in [5.41, 5.74) is 1.03. The quantitative estimate of drug-likeness (QED) is 0.763. The van der Waals surface area contributed by atoms with Crippen molar-refractivity contribution in [1.29, 1.82) is 0 Å². The van der Waals surface area contributed by atoms with Gasteiger partial charge in [-0.25, -0.2) is 18.1 Å². The summed E-state index contributed by atoms with van der Waals surface area (Å²) in [6.07, 6.45) is 1.31. The summed E-state index contributed by atoms with van der Waals surface area (Å²) in [5, 5.41) is 0. The van der Waals surface area contributed by atoms with Gasteiger partial charge in [0.05, 0.1) is 0 Å². The number of thioether (sulfide) groups is 1. The van der Waals surface area contributed by atoms with Crippen LogP contribution >= 0.6 is 27.7 Å². The van der Waals surface area contributed by atoms with E-state index in [0.29, 0.717) is 4.47 Å². The Bertz CT molecular complexity index is 551. The number of anilines is 1. The highest BCUT2D eigenvalue weighted by Crippen LogP contribution is 2.29. The molecule has 0 atom stereocenters. The molecule has 0 aliphatic heterocycles. The zero-order valence-corrected chi connectivity index (χ0v) is 12.5. The summed E-state index contributed by atoms with van der Waals surface area (Å²) in [5.74, 6) is -0.650. The molecule has 19 heavy (non-hydrogen) atoms. The molecule has 1 aromatic rings. The van der Waals surface area contributed by atoms with Crippen LogP contribution in [0.2, 0.25) is 0 Å². The lowest BCUT2D eigenvalue weighted by molar-refractivity contribution is -0.0327. The minimum atomic E-state index is -4.39. The predicted molar refractivity (Wildman–Crippen MR) is 70.1 cm³/mol. The van der Waals surface area contributed by atoms with Crippen molar-refractivity contribution in [2.75, 3.05) is 18.0 Å². The van der Waals surface area contributed by atoms with Crippen molar-refractivity contribution in [2.24, 2.45) is 0 Å². The molecule has 3 N–H and O–H groups in total. The van der Waals surface area contributed by atoms with Crippen LogP contribution in [0.3, 0.4) is 0 Å². The van der Waals surface area contributed by atoms with E-state index in [0.717, 1.165) is 0 Å². The summed E-state index contributed by atoms with van der Waals surface area (Å²) in [4.78, 5) is 3.36. The monoisotopic (exact) mass is 379 g/mol. The van der Waals surface area contributed by atoms with Crippen LogP contribution in [0.5, 0.6) is 0 Å². The molecule has 108 valence electrons. The topological polar surface area (TPSA) is 85.1 Å². The van der Waals surface area contributed by atoms with Crippen LogP contribution in [0.15, 0.2) is 21.6 Å². The van der Waals surface area contributed by atoms with Crippen LogP contribution in [-0.2, 0) is 10.0 Å². The second-order valence-corrected chi connectivity index (χ2v) is 7.04. The maximum absolute atomic E-state index is 11.9. The fourth-order valence-corrected chi connectivity index (χ4v) is 3.25. The van der Waals surface area contributed by atoms with E-state index in [-0.39, 0.29) is 29.0 Å². The third-order valence-electron chi connectivity index (χ3n) is 1.80. The van der Waals surface area contributed by atoms with Crippen molar-refractivity contribution in [3.05, 3.63) is 16.7 Å². The number of hydrogen-bond acceptors (Lipinski definition) is 5. The molecule has 11 heteroatoms. The van der Waals surface area contributed by atoms with Gasteiger partial charge in [-0.3, -0.25) is 0 Å². The molecular weight excluding hydrogens is 371 g/mol. The molecule has 0 saturated heterocycles. The van der Waals surface area contributed by atoms with Gasteiger partial charge in [-0.15, -0.1) is 0 Å². The number of rotatable bonds is 5. The minimum Gasteiger partial charge on any atom is -0.383 e. The molecule has 0 unspecified atom stereocenters. The number of sulfonamides is 1. The minimum absolute atomic E-state index is 0.223. The van der Waals surface area contributed by atoms with Gasteiger partial charge in [0.1, 0.15) is 10.7 Å². The van der Waals surface area contributed by atoms with Crippen LogP contribution in [0.25, 0.3) is 0 Å². The molecule has 0 bridgehead atoms. The number of pyridine rings is 1. The Morgan fingerprint density at radius 3 is 2.68 bits per heavy atom. The Morgan fingerprint density at radius 2 is 2.11 bits per heavy atom. The first-order valence-corrected chi connectivity index (χ1v) is 7.99. The number of halogens is 4. The standard InChI is InChI=1S/C8H9BrF3N3O2S2/c9-5-3-6(7(13)14-4-5)19(16,17)15-1-2-18-8(10,11)12/h3-4,15H,1-2H2,(H2,13,14). The Balaban J connectivity index is 2.69. The molecule has 0 aliphatic carbocycles. The third-order valence-corrected chi connectivity index (χ3v) is 4.46. The summed E-state index contributed by atoms with van der Waals surface area (Å²) in [6.45, 7) is -0.363. The van der Waals surface area contributed by atoms with E-state index in [1.165, 1.54) is 12.3 Å². The summed E-state index contributed by atoms with van der Waals surface area (Å²) in [6, 6.07) is 1.22. The molecule has 0 aromatic carbocycles. The number of nitrogen functional groups attached to an aromatic ring is 1. The fourth-order valence-electron chi connectivity index (χ4n) is 1.07. The molecule has 0 saturated carbocycles. The Kier molecular flexibility index (Phi) is 5.47. The summed E-state index contributed by atoms with van der Waals surface area (Å²) < 4.78 is 61.6. The van der Waals surface area contributed by atoms with E-state index >= 15 is 0 Å². The van der Waals surface area contributed by atoms with E-state index in [4.69, 9.17) is 5.73 Å². The number of nitrogens with two attached hydrogens (primary N) is 1. The first-order valence-electron chi connectivity index (χ1n) is 4.73. The van der Waals surface area contributed by atoms with Crippen LogP contribution in [0.1, 0.15) is 0 Å². The maximum Gasteiger partial charge on any atom is 0.441 e. The molecule has 1 aromatic heterocycles.